The number of aromatic nitrogens is 1. The molecule has 0 N–H and O–H groups in total. The third kappa shape index (κ3) is 5.08. The predicted molar refractivity (Wildman–Crippen MR) is 109 cm³/mol. The van der Waals surface area contributed by atoms with E-state index in [2.05, 4.69) is 9.73 Å². The summed E-state index contributed by atoms with van der Waals surface area (Å²) in [5, 5.41) is 0. The number of para-hydroxylation sites is 1. The third-order valence-corrected chi connectivity index (χ3v) is 6.08. The number of ether oxygens (including phenoxy) is 1. The van der Waals surface area contributed by atoms with Crippen molar-refractivity contribution in [3.05, 3.63) is 59.1 Å². The van der Waals surface area contributed by atoms with Crippen molar-refractivity contribution < 1.29 is 18.7 Å². The fourth-order valence-corrected chi connectivity index (χ4v) is 4.54. The number of nitrogens with zero attached hydrogens (tertiary/aromatic N) is 2. The Morgan fingerprint density at radius 1 is 1.18 bits per heavy atom. The van der Waals surface area contributed by atoms with E-state index in [1.807, 2.05) is 30.3 Å². The number of carbonyl (C=O) groups is 2. The summed E-state index contributed by atoms with van der Waals surface area (Å²) in [6.07, 6.45) is 0.965. The average molecular weight is 419 g/mol. The predicted octanol–water partition coefficient (Wildman–Crippen LogP) is 4.01. The molecule has 0 aliphatic heterocycles. The Bertz CT molecular complexity index is 1040. The number of methoxy groups -OCH3 is 1. The molecule has 0 aliphatic carbocycles. The van der Waals surface area contributed by atoms with Crippen molar-refractivity contribution in [1.29, 1.82) is 0 Å². The normalized spacial score (nSPS) is 11.7. The lowest BCUT2D eigenvalue weighted by Crippen LogP contribution is -2.22. The second-order valence-electron chi connectivity index (χ2n) is 5.90. The number of hydrogen-bond acceptors (Lipinski definition) is 5. The summed E-state index contributed by atoms with van der Waals surface area (Å²) in [6, 6.07) is 14.6. The Morgan fingerprint density at radius 2 is 1.96 bits per heavy atom. The van der Waals surface area contributed by atoms with Gasteiger partial charge in [-0.2, -0.15) is 4.99 Å². The van der Waals surface area contributed by atoms with Crippen LogP contribution in [0.1, 0.15) is 12.8 Å². The summed E-state index contributed by atoms with van der Waals surface area (Å²) in [5.74, 6) is -0.491. The summed E-state index contributed by atoms with van der Waals surface area (Å²) < 4.78 is 21.0. The van der Waals surface area contributed by atoms with Crippen LogP contribution < -0.4 is 4.80 Å². The summed E-state index contributed by atoms with van der Waals surface area (Å²) in [7, 11) is 1.26. The van der Waals surface area contributed by atoms with Crippen LogP contribution >= 0.6 is 23.1 Å². The summed E-state index contributed by atoms with van der Waals surface area (Å²) in [5.41, 5.74) is 0.254. The summed E-state index contributed by atoms with van der Waals surface area (Å²) >= 11 is 2.86. The molecule has 0 radical (unpaired) electrons. The highest BCUT2D eigenvalue weighted by Crippen LogP contribution is 2.21. The topological polar surface area (TPSA) is 60.7 Å². The number of esters is 1. The fraction of sp³-hybridized carbons (Fsp3) is 0.250. The van der Waals surface area contributed by atoms with Crippen molar-refractivity contribution in [3.63, 3.8) is 0 Å². The zero-order valence-electron chi connectivity index (χ0n) is 15.3. The smallest absolute Gasteiger partial charge is 0.325 e. The largest absolute Gasteiger partial charge is 0.468 e. The van der Waals surface area contributed by atoms with Crippen LogP contribution in [0.2, 0.25) is 0 Å². The van der Waals surface area contributed by atoms with Gasteiger partial charge in [-0.15, -0.1) is 11.8 Å². The van der Waals surface area contributed by atoms with Crippen LogP contribution in [0.5, 0.6) is 0 Å². The van der Waals surface area contributed by atoms with E-state index < -0.39 is 11.8 Å². The number of thiazole rings is 1. The molecule has 0 fully saturated rings. The fourth-order valence-electron chi connectivity index (χ4n) is 2.61. The highest BCUT2D eigenvalue weighted by Gasteiger charge is 2.14. The van der Waals surface area contributed by atoms with Gasteiger partial charge < -0.3 is 9.30 Å². The van der Waals surface area contributed by atoms with Crippen molar-refractivity contribution in [3.8, 4) is 0 Å². The van der Waals surface area contributed by atoms with E-state index in [-0.39, 0.29) is 24.4 Å². The number of hydrogen-bond donors (Lipinski definition) is 0. The van der Waals surface area contributed by atoms with Gasteiger partial charge in [0.15, 0.2) is 4.80 Å². The first kappa shape index (κ1) is 20.3. The quantitative estimate of drug-likeness (QED) is 0.330. The minimum atomic E-state index is -0.531. The van der Waals surface area contributed by atoms with Gasteiger partial charge >= 0.3 is 5.97 Å². The van der Waals surface area contributed by atoms with Crippen molar-refractivity contribution >= 4 is 45.2 Å². The summed E-state index contributed by atoms with van der Waals surface area (Å²) in [6.45, 7) is -0.201. The van der Waals surface area contributed by atoms with Crippen LogP contribution in [0.4, 0.5) is 4.39 Å². The SMILES string of the molecule is COC(=O)Cn1c(=NC(=O)CCCSc2ccccc2)sc2cccc(F)c21. The van der Waals surface area contributed by atoms with Crippen LogP contribution in [0.3, 0.4) is 0 Å². The molecule has 0 saturated heterocycles. The molecule has 0 spiro atoms. The molecule has 3 rings (SSSR count). The van der Waals surface area contributed by atoms with Gasteiger partial charge in [0.1, 0.15) is 12.4 Å². The van der Waals surface area contributed by atoms with Gasteiger partial charge in [-0.3, -0.25) is 9.59 Å². The molecule has 3 aromatic rings. The van der Waals surface area contributed by atoms with E-state index in [1.165, 1.54) is 29.1 Å². The first-order valence-corrected chi connectivity index (χ1v) is 10.5. The maximum Gasteiger partial charge on any atom is 0.325 e. The molecule has 0 atom stereocenters. The molecule has 28 heavy (non-hydrogen) atoms. The molecule has 0 aliphatic rings. The lowest BCUT2D eigenvalue weighted by molar-refractivity contribution is -0.141. The number of rotatable bonds is 7. The number of fused-ring (bicyclic) bond motifs is 1. The van der Waals surface area contributed by atoms with E-state index in [9.17, 15) is 14.0 Å². The second kappa shape index (κ2) is 9.66. The van der Waals surface area contributed by atoms with E-state index >= 15 is 0 Å². The standard InChI is InChI=1S/C20H19FN2O3S2/c1-26-18(25)13-23-19-15(21)9-5-10-16(19)28-20(23)22-17(24)11-6-12-27-14-7-3-2-4-8-14/h2-5,7-10H,6,11-13H2,1H3. The lowest BCUT2D eigenvalue weighted by Gasteiger charge is -2.04. The summed E-state index contributed by atoms with van der Waals surface area (Å²) in [4.78, 5) is 29.6. The number of halogens is 1. The van der Waals surface area contributed by atoms with Crippen LogP contribution in [0, 0.1) is 5.82 Å². The van der Waals surface area contributed by atoms with Crippen LogP contribution in [-0.4, -0.2) is 29.3 Å². The minimum absolute atomic E-state index is 0.201. The zero-order valence-corrected chi connectivity index (χ0v) is 16.9. The maximum absolute atomic E-state index is 14.3. The van der Waals surface area contributed by atoms with Crippen LogP contribution in [-0.2, 0) is 20.9 Å². The minimum Gasteiger partial charge on any atom is -0.468 e. The van der Waals surface area contributed by atoms with E-state index in [4.69, 9.17) is 0 Å². The monoisotopic (exact) mass is 418 g/mol. The van der Waals surface area contributed by atoms with Crippen molar-refractivity contribution in [1.82, 2.24) is 4.57 Å². The molecule has 2 aromatic carbocycles. The van der Waals surface area contributed by atoms with Gasteiger partial charge in [0.2, 0.25) is 5.91 Å². The number of thioether (sulfide) groups is 1. The number of amides is 1. The molecule has 5 nitrogen and oxygen atoms in total. The molecule has 1 heterocycles. The Morgan fingerprint density at radius 3 is 2.71 bits per heavy atom. The number of carbonyl (C=O) groups excluding carboxylic acids is 2. The van der Waals surface area contributed by atoms with Gasteiger partial charge in [-0.05, 0) is 36.4 Å². The molecular formula is C20H19FN2O3S2. The van der Waals surface area contributed by atoms with Crippen molar-refractivity contribution in [2.24, 2.45) is 4.99 Å². The first-order chi connectivity index (χ1) is 13.6. The lowest BCUT2D eigenvalue weighted by atomic mass is 10.3. The van der Waals surface area contributed by atoms with Gasteiger partial charge in [0.05, 0.1) is 17.3 Å². The molecule has 0 unspecified atom stereocenters. The molecule has 0 saturated carbocycles. The number of benzene rings is 2. The highest BCUT2D eigenvalue weighted by atomic mass is 32.2. The van der Waals surface area contributed by atoms with Gasteiger partial charge in [-0.25, -0.2) is 4.39 Å². The molecule has 0 bridgehead atoms. The maximum atomic E-state index is 14.3. The molecular weight excluding hydrogens is 399 g/mol. The Hall–Kier alpha value is -2.45. The van der Waals surface area contributed by atoms with E-state index in [0.717, 1.165) is 10.6 Å². The first-order valence-electron chi connectivity index (χ1n) is 8.68. The molecule has 1 amide bonds. The Labute approximate surface area is 169 Å². The Kier molecular flexibility index (Phi) is 7.00. The van der Waals surface area contributed by atoms with Gasteiger partial charge in [0.25, 0.3) is 0 Å². The molecule has 8 heteroatoms. The van der Waals surface area contributed by atoms with Gasteiger partial charge in [0, 0.05) is 11.3 Å². The molecule has 1 aromatic heterocycles. The third-order valence-electron chi connectivity index (χ3n) is 3.93. The van der Waals surface area contributed by atoms with Crippen LogP contribution in [0.15, 0.2) is 58.4 Å². The molecule has 146 valence electrons. The average Bonchev–Trinajstić information content (AvgIpc) is 3.04. The second-order valence-corrected chi connectivity index (χ2v) is 8.08. The highest BCUT2D eigenvalue weighted by molar-refractivity contribution is 7.99. The van der Waals surface area contributed by atoms with E-state index in [1.54, 1.807) is 23.9 Å². The Balaban J connectivity index is 1.74. The zero-order chi connectivity index (χ0) is 19.9. The van der Waals surface area contributed by atoms with Crippen molar-refractivity contribution in [2.75, 3.05) is 12.9 Å². The van der Waals surface area contributed by atoms with E-state index in [0.29, 0.717) is 15.9 Å². The van der Waals surface area contributed by atoms with Gasteiger partial charge in [-0.1, -0.05) is 35.6 Å². The van der Waals surface area contributed by atoms with Crippen molar-refractivity contribution in [2.45, 2.75) is 24.3 Å². The van der Waals surface area contributed by atoms with Crippen LogP contribution in [0.25, 0.3) is 10.2 Å².